The smallest absolute Gasteiger partial charge is 0.304 e. The van der Waals surface area contributed by atoms with Crippen LogP contribution in [0.4, 0.5) is 0 Å². The molecule has 2 N–H and O–H groups in total. The predicted molar refractivity (Wildman–Crippen MR) is 51.6 cm³/mol. The Morgan fingerprint density at radius 3 is 2.62 bits per heavy atom. The van der Waals surface area contributed by atoms with Gasteiger partial charge in [-0.25, -0.2) is 0 Å². The molecule has 1 aliphatic carbocycles. The van der Waals surface area contributed by atoms with E-state index in [-0.39, 0.29) is 6.42 Å². The van der Waals surface area contributed by atoms with Gasteiger partial charge in [0.1, 0.15) is 0 Å². The van der Waals surface area contributed by atoms with Gasteiger partial charge in [-0.05, 0) is 24.7 Å². The number of rotatable bonds is 4. The average molecular weight is 185 g/mol. The number of hydrogen-bond donors (Lipinski definition) is 2. The molecule has 1 aliphatic rings. The topological polar surface area (TPSA) is 49.3 Å². The molecule has 0 spiro atoms. The number of hydrogen-bond acceptors (Lipinski definition) is 2. The number of nitrogens with one attached hydrogen (secondary N) is 1. The third-order valence-electron chi connectivity index (χ3n) is 3.21. The lowest BCUT2D eigenvalue weighted by Crippen LogP contribution is -2.33. The van der Waals surface area contributed by atoms with Crippen molar-refractivity contribution >= 4 is 5.97 Å². The van der Waals surface area contributed by atoms with Crippen molar-refractivity contribution in [1.29, 1.82) is 0 Å². The van der Waals surface area contributed by atoms with E-state index in [1.54, 1.807) is 0 Å². The van der Waals surface area contributed by atoms with Crippen molar-refractivity contribution < 1.29 is 9.90 Å². The molecule has 3 nitrogen and oxygen atoms in total. The van der Waals surface area contributed by atoms with E-state index in [9.17, 15) is 4.79 Å². The van der Waals surface area contributed by atoms with E-state index in [4.69, 9.17) is 5.11 Å². The van der Waals surface area contributed by atoms with Crippen LogP contribution in [0.25, 0.3) is 0 Å². The number of aliphatic carboxylic acids is 1. The van der Waals surface area contributed by atoms with Crippen LogP contribution >= 0.6 is 0 Å². The number of carboxylic acid groups (broad SMARTS) is 1. The first-order valence-corrected chi connectivity index (χ1v) is 5.06. The summed E-state index contributed by atoms with van der Waals surface area (Å²) in [7, 11) is 0. The van der Waals surface area contributed by atoms with Gasteiger partial charge in [0, 0.05) is 12.6 Å². The molecule has 3 heteroatoms. The summed E-state index contributed by atoms with van der Waals surface area (Å²) in [5.41, 5.74) is 0. The van der Waals surface area contributed by atoms with Crippen LogP contribution in [0.3, 0.4) is 0 Å². The Morgan fingerprint density at radius 2 is 2.15 bits per heavy atom. The van der Waals surface area contributed by atoms with Crippen LogP contribution in [0.15, 0.2) is 0 Å². The van der Waals surface area contributed by atoms with E-state index in [1.807, 2.05) is 0 Å². The molecule has 0 saturated heterocycles. The molecule has 0 aromatic rings. The van der Waals surface area contributed by atoms with Crippen molar-refractivity contribution in [2.24, 2.45) is 11.8 Å². The van der Waals surface area contributed by atoms with E-state index < -0.39 is 5.97 Å². The Balaban J connectivity index is 2.18. The summed E-state index contributed by atoms with van der Waals surface area (Å²) >= 11 is 0. The fraction of sp³-hybridized carbons (Fsp3) is 0.900. The minimum absolute atomic E-state index is 0.234. The third-order valence-corrected chi connectivity index (χ3v) is 3.21. The van der Waals surface area contributed by atoms with Crippen LogP contribution < -0.4 is 5.32 Å². The summed E-state index contributed by atoms with van der Waals surface area (Å²) in [5, 5.41) is 11.8. The lowest BCUT2D eigenvalue weighted by molar-refractivity contribution is -0.136. The van der Waals surface area contributed by atoms with Gasteiger partial charge in [0.15, 0.2) is 0 Å². The average Bonchev–Trinajstić information content (AvgIpc) is 2.35. The number of carbonyl (C=O) groups is 1. The van der Waals surface area contributed by atoms with E-state index in [0.29, 0.717) is 18.5 Å². The van der Waals surface area contributed by atoms with Crippen LogP contribution in [0, 0.1) is 11.8 Å². The maximum Gasteiger partial charge on any atom is 0.304 e. The van der Waals surface area contributed by atoms with E-state index >= 15 is 0 Å². The van der Waals surface area contributed by atoms with Crippen molar-refractivity contribution in [3.8, 4) is 0 Å². The highest BCUT2D eigenvalue weighted by molar-refractivity contribution is 5.66. The highest BCUT2D eigenvalue weighted by Gasteiger charge is 2.28. The normalized spacial score (nSPS) is 33.5. The van der Waals surface area contributed by atoms with Gasteiger partial charge in [-0.3, -0.25) is 4.79 Å². The van der Waals surface area contributed by atoms with Gasteiger partial charge in [-0.2, -0.15) is 0 Å². The van der Waals surface area contributed by atoms with Crippen molar-refractivity contribution in [2.45, 2.75) is 39.2 Å². The fourth-order valence-electron chi connectivity index (χ4n) is 2.02. The Bertz CT molecular complexity index is 182. The van der Waals surface area contributed by atoms with Crippen molar-refractivity contribution in [3.63, 3.8) is 0 Å². The maximum absolute atomic E-state index is 10.3. The summed E-state index contributed by atoms with van der Waals surface area (Å²) < 4.78 is 0. The summed E-state index contributed by atoms with van der Waals surface area (Å²) in [5.74, 6) is 0.752. The van der Waals surface area contributed by atoms with Gasteiger partial charge < -0.3 is 10.4 Å². The van der Waals surface area contributed by atoms with Crippen LogP contribution in [0.1, 0.15) is 33.1 Å². The zero-order valence-electron chi connectivity index (χ0n) is 8.42. The van der Waals surface area contributed by atoms with Crippen LogP contribution in [-0.2, 0) is 4.79 Å². The van der Waals surface area contributed by atoms with Crippen LogP contribution in [0.2, 0.25) is 0 Å². The Morgan fingerprint density at radius 1 is 1.46 bits per heavy atom. The quantitative estimate of drug-likeness (QED) is 0.697. The molecule has 0 bridgehead atoms. The van der Waals surface area contributed by atoms with E-state index in [0.717, 1.165) is 5.92 Å². The minimum atomic E-state index is -0.716. The Kier molecular flexibility index (Phi) is 3.72. The van der Waals surface area contributed by atoms with E-state index in [1.165, 1.54) is 12.8 Å². The summed E-state index contributed by atoms with van der Waals surface area (Å²) in [6.45, 7) is 5.12. The maximum atomic E-state index is 10.3. The molecule has 0 aromatic carbocycles. The molecule has 0 heterocycles. The molecule has 3 atom stereocenters. The Labute approximate surface area is 79.5 Å². The molecule has 0 radical (unpaired) electrons. The van der Waals surface area contributed by atoms with Gasteiger partial charge in [0.2, 0.25) is 0 Å². The predicted octanol–water partition coefficient (Wildman–Crippen LogP) is 1.49. The highest BCUT2D eigenvalue weighted by Crippen LogP contribution is 2.30. The first kappa shape index (κ1) is 10.5. The van der Waals surface area contributed by atoms with Gasteiger partial charge >= 0.3 is 5.97 Å². The molecule has 0 amide bonds. The largest absolute Gasteiger partial charge is 0.481 e. The van der Waals surface area contributed by atoms with Crippen LogP contribution in [-0.4, -0.2) is 23.7 Å². The summed E-state index contributed by atoms with van der Waals surface area (Å²) in [6, 6.07) is 0.536. The second-order valence-electron chi connectivity index (χ2n) is 4.12. The second kappa shape index (κ2) is 4.61. The molecule has 1 rings (SSSR count). The van der Waals surface area contributed by atoms with Gasteiger partial charge in [-0.15, -0.1) is 0 Å². The molecule has 0 aromatic heterocycles. The van der Waals surface area contributed by atoms with Gasteiger partial charge in [-0.1, -0.05) is 13.8 Å². The van der Waals surface area contributed by atoms with Crippen LogP contribution in [0.5, 0.6) is 0 Å². The van der Waals surface area contributed by atoms with Crippen molar-refractivity contribution in [3.05, 3.63) is 0 Å². The molecular weight excluding hydrogens is 166 g/mol. The Hall–Kier alpha value is -0.570. The lowest BCUT2D eigenvalue weighted by atomic mass is 9.98. The summed E-state index contributed by atoms with van der Waals surface area (Å²) in [6.07, 6.45) is 2.70. The molecule has 3 unspecified atom stereocenters. The van der Waals surface area contributed by atoms with Gasteiger partial charge in [0.05, 0.1) is 6.42 Å². The number of carboxylic acids is 1. The standard InChI is InChI=1S/C10H19NO2/c1-7-3-4-9(8(7)2)11-6-5-10(12)13/h7-9,11H,3-6H2,1-2H3,(H,12,13). The van der Waals surface area contributed by atoms with Gasteiger partial charge in [0.25, 0.3) is 0 Å². The molecule has 76 valence electrons. The molecule has 13 heavy (non-hydrogen) atoms. The molecule has 0 aliphatic heterocycles. The first-order chi connectivity index (χ1) is 6.11. The highest BCUT2D eigenvalue weighted by atomic mass is 16.4. The summed E-state index contributed by atoms with van der Waals surface area (Å²) in [4.78, 5) is 10.3. The third kappa shape index (κ3) is 2.99. The molecule has 1 fully saturated rings. The molecular formula is C10H19NO2. The van der Waals surface area contributed by atoms with Crippen molar-refractivity contribution in [2.75, 3.05) is 6.54 Å². The first-order valence-electron chi connectivity index (χ1n) is 5.06. The molecule has 1 saturated carbocycles. The SMILES string of the molecule is CC1CCC(NCCC(=O)O)C1C. The zero-order valence-corrected chi connectivity index (χ0v) is 8.42. The zero-order chi connectivity index (χ0) is 9.84. The monoisotopic (exact) mass is 185 g/mol. The second-order valence-corrected chi connectivity index (χ2v) is 4.12. The van der Waals surface area contributed by atoms with E-state index in [2.05, 4.69) is 19.2 Å². The minimum Gasteiger partial charge on any atom is -0.481 e. The lowest BCUT2D eigenvalue weighted by Gasteiger charge is -2.18. The fourth-order valence-corrected chi connectivity index (χ4v) is 2.02. The van der Waals surface area contributed by atoms with Crippen molar-refractivity contribution in [1.82, 2.24) is 5.32 Å².